The van der Waals surface area contributed by atoms with Gasteiger partial charge < -0.3 is 0 Å². The number of primary sulfonamides is 1. The first kappa shape index (κ1) is 19.7. The molecule has 2 aromatic rings. The first-order valence-corrected chi connectivity index (χ1v) is 10.3. The highest BCUT2D eigenvalue weighted by Crippen LogP contribution is 2.25. The number of anilines is 1. The van der Waals surface area contributed by atoms with Gasteiger partial charge in [-0.15, -0.1) is 0 Å². The summed E-state index contributed by atoms with van der Waals surface area (Å²) < 4.78 is 62.8. The molecule has 0 aromatic heterocycles. The van der Waals surface area contributed by atoms with Crippen molar-refractivity contribution in [1.82, 2.24) is 0 Å². The van der Waals surface area contributed by atoms with Crippen LogP contribution in [0.15, 0.2) is 46.7 Å². The molecular weight excluding hydrogens is 414 g/mol. The predicted molar refractivity (Wildman–Crippen MR) is 95.8 cm³/mol. The van der Waals surface area contributed by atoms with Crippen molar-refractivity contribution in [3.05, 3.63) is 63.2 Å². The zero-order valence-electron chi connectivity index (χ0n) is 12.3. The highest BCUT2D eigenvalue weighted by Gasteiger charge is 2.21. The van der Waals surface area contributed by atoms with Gasteiger partial charge in [0.2, 0.25) is 10.0 Å². The lowest BCUT2D eigenvalue weighted by Gasteiger charge is -2.10. The van der Waals surface area contributed by atoms with Crippen LogP contribution in [0.25, 0.3) is 6.08 Å². The monoisotopic (exact) mass is 424 g/mol. The molecule has 0 aliphatic rings. The second kappa shape index (κ2) is 7.30. The Hall–Kier alpha value is -1.65. The van der Waals surface area contributed by atoms with Gasteiger partial charge in [-0.2, -0.15) is 0 Å². The number of rotatable bonds is 5. The van der Waals surface area contributed by atoms with Gasteiger partial charge >= 0.3 is 0 Å². The van der Waals surface area contributed by atoms with Gasteiger partial charge in [-0.1, -0.05) is 35.3 Å². The summed E-state index contributed by atoms with van der Waals surface area (Å²) >= 11 is 11.6. The van der Waals surface area contributed by atoms with E-state index in [0.29, 0.717) is 10.6 Å². The number of hydrogen-bond acceptors (Lipinski definition) is 4. The first-order valence-electron chi connectivity index (χ1n) is 6.47. The van der Waals surface area contributed by atoms with Crippen molar-refractivity contribution in [2.75, 3.05) is 4.72 Å². The predicted octanol–water partition coefficient (Wildman–Crippen LogP) is 3.19. The van der Waals surface area contributed by atoms with Gasteiger partial charge in [0.15, 0.2) is 0 Å². The first-order chi connectivity index (χ1) is 11.5. The third kappa shape index (κ3) is 5.16. The Balaban J connectivity index is 2.35. The van der Waals surface area contributed by atoms with E-state index in [1.807, 2.05) is 4.72 Å². The van der Waals surface area contributed by atoms with Crippen LogP contribution in [-0.2, 0) is 20.0 Å². The van der Waals surface area contributed by atoms with Crippen molar-refractivity contribution < 1.29 is 21.2 Å². The zero-order valence-corrected chi connectivity index (χ0v) is 15.4. The molecule has 0 radical (unpaired) electrons. The summed E-state index contributed by atoms with van der Waals surface area (Å²) in [6.07, 6.45) is 1.21. The van der Waals surface area contributed by atoms with Gasteiger partial charge in [0.1, 0.15) is 10.7 Å². The average Bonchev–Trinajstić information content (AvgIpc) is 2.47. The smallest absolute Gasteiger partial charge is 0.255 e. The van der Waals surface area contributed by atoms with E-state index in [2.05, 4.69) is 0 Å². The second-order valence-corrected chi connectivity index (χ2v) is 8.66. The lowest BCUT2D eigenvalue weighted by Crippen LogP contribution is -2.19. The molecule has 0 aliphatic heterocycles. The Morgan fingerprint density at radius 1 is 1.04 bits per heavy atom. The normalized spacial score (nSPS) is 12.5. The third-order valence-corrected chi connectivity index (χ3v) is 5.61. The standard InChI is InChI=1S/C14H11Cl2FN2O4S2/c15-10-5-4-9(8-11(10)16)6-7-24(20,21)19-13-3-1-2-12(17)14(13)25(18,22)23/h1-8,19H,(H2,18,22,23)/b7-6+. The minimum absolute atomic E-state index is 0.232. The van der Waals surface area contributed by atoms with Crippen LogP contribution in [0.4, 0.5) is 10.1 Å². The van der Waals surface area contributed by atoms with Crippen LogP contribution in [0, 0.1) is 5.82 Å². The van der Waals surface area contributed by atoms with Crippen LogP contribution >= 0.6 is 23.2 Å². The zero-order chi connectivity index (χ0) is 18.8. The van der Waals surface area contributed by atoms with Gasteiger partial charge in [0.25, 0.3) is 10.0 Å². The number of nitrogens with one attached hydrogen (secondary N) is 1. The van der Waals surface area contributed by atoms with Crippen LogP contribution < -0.4 is 9.86 Å². The number of halogens is 3. The SMILES string of the molecule is NS(=O)(=O)c1c(F)cccc1NS(=O)(=O)/C=C/c1ccc(Cl)c(Cl)c1. The van der Waals surface area contributed by atoms with Gasteiger partial charge in [-0.05, 0) is 35.9 Å². The molecule has 6 nitrogen and oxygen atoms in total. The molecule has 3 N–H and O–H groups in total. The molecule has 2 rings (SSSR count). The Bertz CT molecular complexity index is 1050. The molecule has 0 amide bonds. The summed E-state index contributed by atoms with van der Waals surface area (Å²) in [5.74, 6) is -1.17. The van der Waals surface area contributed by atoms with E-state index in [-0.39, 0.29) is 5.02 Å². The molecule has 25 heavy (non-hydrogen) atoms. The van der Waals surface area contributed by atoms with E-state index in [9.17, 15) is 21.2 Å². The van der Waals surface area contributed by atoms with Crippen LogP contribution in [0.5, 0.6) is 0 Å². The highest BCUT2D eigenvalue weighted by molar-refractivity contribution is 7.95. The topological polar surface area (TPSA) is 106 Å². The Morgan fingerprint density at radius 2 is 1.72 bits per heavy atom. The third-order valence-electron chi connectivity index (χ3n) is 2.89. The Labute approximate surface area is 154 Å². The molecule has 0 heterocycles. The molecule has 11 heteroatoms. The maximum Gasteiger partial charge on any atom is 0.255 e. The minimum Gasteiger partial charge on any atom is -0.279 e. The largest absolute Gasteiger partial charge is 0.279 e. The summed E-state index contributed by atoms with van der Waals surface area (Å²) in [5, 5.41) is 6.23. The summed E-state index contributed by atoms with van der Waals surface area (Å²) in [6, 6.07) is 7.52. The van der Waals surface area contributed by atoms with Crippen molar-refractivity contribution >= 4 is 55.0 Å². The summed E-state index contributed by atoms with van der Waals surface area (Å²) in [4.78, 5) is -0.943. The molecule has 134 valence electrons. The Morgan fingerprint density at radius 3 is 2.32 bits per heavy atom. The molecular formula is C14H11Cl2FN2O4S2. The van der Waals surface area contributed by atoms with Gasteiger partial charge in [0, 0.05) is 0 Å². The van der Waals surface area contributed by atoms with Crippen molar-refractivity contribution in [1.29, 1.82) is 0 Å². The number of benzene rings is 2. The molecule has 0 atom stereocenters. The fourth-order valence-electron chi connectivity index (χ4n) is 1.85. The summed E-state index contributed by atoms with van der Waals surface area (Å²) in [7, 11) is -8.62. The highest BCUT2D eigenvalue weighted by atomic mass is 35.5. The maximum atomic E-state index is 13.7. The van der Waals surface area contributed by atoms with Crippen molar-refractivity contribution in [3.8, 4) is 0 Å². The van der Waals surface area contributed by atoms with Crippen LogP contribution in [0.3, 0.4) is 0 Å². The van der Waals surface area contributed by atoms with E-state index >= 15 is 0 Å². The average molecular weight is 425 g/mol. The van der Waals surface area contributed by atoms with Crippen LogP contribution in [-0.4, -0.2) is 16.8 Å². The molecule has 0 unspecified atom stereocenters. The summed E-state index contributed by atoms with van der Waals surface area (Å²) in [5.41, 5.74) is -0.0630. The van der Waals surface area contributed by atoms with Crippen molar-refractivity contribution in [2.45, 2.75) is 4.90 Å². The number of sulfonamides is 2. The fourth-order valence-corrected chi connectivity index (χ4v) is 3.87. The minimum atomic E-state index is -4.47. The van der Waals surface area contributed by atoms with Crippen LogP contribution in [0.1, 0.15) is 5.56 Å². The van der Waals surface area contributed by atoms with E-state index in [1.54, 1.807) is 0 Å². The lowest BCUT2D eigenvalue weighted by atomic mass is 10.2. The molecule has 0 bridgehead atoms. The molecule has 0 fully saturated rings. The Kier molecular flexibility index (Phi) is 5.75. The van der Waals surface area contributed by atoms with Gasteiger partial charge in [-0.25, -0.2) is 26.4 Å². The van der Waals surface area contributed by atoms with Crippen LogP contribution in [0.2, 0.25) is 10.0 Å². The maximum absolute atomic E-state index is 13.7. The molecule has 2 aromatic carbocycles. The summed E-state index contributed by atoms with van der Waals surface area (Å²) in [6.45, 7) is 0. The quantitative estimate of drug-likeness (QED) is 0.767. The van der Waals surface area contributed by atoms with Crippen molar-refractivity contribution in [3.63, 3.8) is 0 Å². The van der Waals surface area contributed by atoms with Gasteiger partial charge in [0.05, 0.1) is 21.1 Å². The second-order valence-electron chi connectivity index (χ2n) is 4.78. The molecule has 0 saturated carbocycles. The van der Waals surface area contributed by atoms with Crippen molar-refractivity contribution in [2.24, 2.45) is 5.14 Å². The van der Waals surface area contributed by atoms with E-state index in [0.717, 1.165) is 23.6 Å². The molecule has 0 aliphatic carbocycles. The number of hydrogen-bond donors (Lipinski definition) is 2. The van der Waals surface area contributed by atoms with Gasteiger partial charge in [-0.3, -0.25) is 4.72 Å². The van der Waals surface area contributed by atoms with E-state index in [1.165, 1.54) is 24.3 Å². The molecule has 0 spiro atoms. The fraction of sp³-hybridized carbons (Fsp3) is 0. The van der Waals surface area contributed by atoms with E-state index in [4.69, 9.17) is 28.3 Å². The van der Waals surface area contributed by atoms with E-state index < -0.39 is 36.4 Å². The lowest BCUT2D eigenvalue weighted by molar-refractivity contribution is 0.569. The molecule has 0 saturated heterocycles. The number of nitrogens with two attached hydrogens (primary N) is 1.